The highest BCUT2D eigenvalue weighted by Gasteiger charge is 2.04. The maximum Gasteiger partial charge on any atom is 0.322 e. The number of nitrogens with one attached hydrogen (secondary N) is 2. The van der Waals surface area contributed by atoms with E-state index in [2.05, 4.69) is 25.7 Å². The van der Waals surface area contributed by atoms with E-state index in [-0.39, 0.29) is 12.0 Å². The van der Waals surface area contributed by atoms with Gasteiger partial charge in [-0.3, -0.25) is 5.43 Å². The molecule has 9 nitrogen and oxygen atoms in total. The Kier molecular flexibility index (Phi) is 8.27. The molecule has 0 bridgehead atoms. The van der Waals surface area contributed by atoms with E-state index < -0.39 is 0 Å². The molecule has 9 heteroatoms. The smallest absolute Gasteiger partial charge is 0.322 e. The summed E-state index contributed by atoms with van der Waals surface area (Å²) in [5.41, 5.74) is 2.36. The van der Waals surface area contributed by atoms with Crippen molar-refractivity contribution in [3.05, 3.63) is 0 Å². The first-order chi connectivity index (χ1) is 9.80. The van der Waals surface area contributed by atoms with Crippen molar-refractivity contribution in [2.45, 2.75) is 12.8 Å². The van der Waals surface area contributed by atoms with Crippen LogP contribution in [0.4, 0.5) is 11.9 Å². The number of nitrogen functional groups attached to an aromatic ring is 1. The molecular formula is C11H22N6O3. The number of rotatable bonds is 11. The van der Waals surface area contributed by atoms with Crippen LogP contribution in [0.3, 0.4) is 0 Å². The average Bonchev–Trinajstić information content (AvgIpc) is 2.49. The second-order valence-electron chi connectivity index (χ2n) is 3.85. The second-order valence-corrected chi connectivity index (χ2v) is 3.85. The summed E-state index contributed by atoms with van der Waals surface area (Å²) in [7, 11) is 3.14. The van der Waals surface area contributed by atoms with Crippen LogP contribution >= 0.6 is 0 Å². The highest BCUT2D eigenvalue weighted by molar-refractivity contribution is 5.34. The Morgan fingerprint density at radius 1 is 1.00 bits per heavy atom. The molecule has 0 aliphatic carbocycles. The number of nitrogens with zero attached hydrogens (tertiary/aromatic N) is 3. The average molecular weight is 286 g/mol. The van der Waals surface area contributed by atoms with E-state index in [9.17, 15) is 0 Å². The maximum absolute atomic E-state index is 5.36. The van der Waals surface area contributed by atoms with Crippen molar-refractivity contribution >= 4 is 11.9 Å². The number of unbranched alkanes of at least 4 members (excludes halogenated alkanes) is 1. The first-order valence-electron chi connectivity index (χ1n) is 6.37. The normalized spacial score (nSPS) is 10.3. The first-order valence-corrected chi connectivity index (χ1v) is 6.37. The van der Waals surface area contributed by atoms with Gasteiger partial charge >= 0.3 is 6.01 Å². The van der Waals surface area contributed by atoms with E-state index >= 15 is 0 Å². The van der Waals surface area contributed by atoms with Crippen LogP contribution in [0.1, 0.15) is 12.8 Å². The Bertz CT molecular complexity index is 357. The quantitative estimate of drug-likeness (QED) is 0.294. The van der Waals surface area contributed by atoms with Gasteiger partial charge in [0.05, 0.1) is 20.3 Å². The SMILES string of the molecule is COCCOCCCCNc1nc(NN)nc(OC)n1. The molecule has 0 fully saturated rings. The highest BCUT2D eigenvalue weighted by Crippen LogP contribution is 2.09. The predicted molar refractivity (Wildman–Crippen MR) is 74.6 cm³/mol. The van der Waals surface area contributed by atoms with Crippen LogP contribution in [-0.2, 0) is 9.47 Å². The number of ether oxygens (including phenoxy) is 3. The van der Waals surface area contributed by atoms with Crippen LogP contribution in [0.2, 0.25) is 0 Å². The van der Waals surface area contributed by atoms with E-state index in [1.165, 1.54) is 7.11 Å². The third kappa shape index (κ3) is 6.45. The lowest BCUT2D eigenvalue weighted by atomic mass is 10.3. The molecule has 0 aromatic carbocycles. The van der Waals surface area contributed by atoms with E-state index in [1.54, 1.807) is 7.11 Å². The van der Waals surface area contributed by atoms with Crippen LogP contribution < -0.4 is 21.3 Å². The Morgan fingerprint density at radius 2 is 1.80 bits per heavy atom. The van der Waals surface area contributed by atoms with E-state index in [0.29, 0.717) is 25.8 Å². The summed E-state index contributed by atoms with van der Waals surface area (Å²) in [6, 6.07) is 0.207. The fraction of sp³-hybridized carbons (Fsp3) is 0.727. The number of methoxy groups -OCH3 is 2. The van der Waals surface area contributed by atoms with Crippen molar-refractivity contribution in [2.75, 3.05) is 51.3 Å². The Morgan fingerprint density at radius 3 is 2.50 bits per heavy atom. The molecule has 0 saturated heterocycles. The molecule has 114 valence electrons. The standard InChI is InChI=1S/C11H22N6O3/c1-18-7-8-20-6-4-3-5-13-9-14-10(17-12)16-11(15-9)19-2/h3-8,12H2,1-2H3,(H2,13,14,15,16,17). The first kappa shape index (κ1) is 16.3. The van der Waals surface area contributed by atoms with Gasteiger partial charge in [-0.25, -0.2) is 5.84 Å². The van der Waals surface area contributed by atoms with Crippen LogP contribution in [-0.4, -0.2) is 55.5 Å². The van der Waals surface area contributed by atoms with Crippen LogP contribution in [0.15, 0.2) is 0 Å². The van der Waals surface area contributed by atoms with Gasteiger partial charge in [-0.05, 0) is 12.8 Å². The van der Waals surface area contributed by atoms with Gasteiger partial charge in [0, 0.05) is 20.3 Å². The highest BCUT2D eigenvalue weighted by atomic mass is 16.5. The number of hydrazine groups is 1. The molecule has 0 atom stereocenters. The van der Waals surface area contributed by atoms with Gasteiger partial charge in [0.25, 0.3) is 0 Å². The number of nitrogens with two attached hydrogens (primary N) is 1. The minimum Gasteiger partial charge on any atom is -0.467 e. The molecule has 1 aromatic heterocycles. The lowest BCUT2D eigenvalue weighted by Gasteiger charge is -2.08. The molecule has 0 aliphatic rings. The maximum atomic E-state index is 5.36. The number of aromatic nitrogens is 3. The van der Waals surface area contributed by atoms with Gasteiger partial charge in [0.1, 0.15) is 0 Å². The molecule has 1 rings (SSSR count). The number of hydrogen-bond acceptors (Lipinski definition) is 9. The van der Waals surface area contributed by atoms with E-state index in [4.69, 9.17) is 20.1 Å². The number of anilines is 2. The molecule has 1 heterocycles. The molecule has 0 unspecified atom stereocenters. The minimum absolute atomic E-state index is 0.207. The molecule has 0 spiro atoms. The van der Waals surface area contributed by atoms with Crippen molar-refractivity contribution < 1.29 is 14.2 Å². The summed E-state index contributed by atoms with van der Waals surface area (Å²) in [6.45, 7) is 2.68. The lowest BCUT2D eigenvalue weighted by Crippen LogP contribution is -2.14. The Labute approximate surface area is 118 Å². The Balaban J connectivity index is 2.21. The summed E-state index contributed by atoms with van der Waals surface area (Å²) in [5, 5.41) is 3.08. The van der Waals surface area contributed by atoms with Gasteiger partial charge in [-0.15, -0.1) is 0 Å². The molecule has 0 radical (unpaired) electrons. The number of hydrogen-bond donors (Lipinski definition) is 3. The van der Waals surface area contributed by atoms with Crippen molar-refractivity contribution in [1.82, 2.24) is 15.0 Å². The van der Waals surface area contributed by atoms with Gasteiger partial charge < -0.3 is 19.5 Å². The van der Waals surface area contributed by atoms with Gasteiger partial charge in [0.15, 0.2) is 0 Å². The van der Waals surface area contributed by atoms with Crippen LogP contribution in [0.25, 0.3) is 0 Å². The lowest BCUT2D eigenvalue weighted by molar-refractivity contribution is 0.0691. The van der Waals surface area contributed by atoms with E-state index in [0.717, 1.165) is 19.4 Å². The third-order valence-electron chi connectivity index (χ3n) is 2.36. The van der Waals surface area contributed by atoms with Crippen LogP contribution in [0.5, 0.6) is 6.01 Å². The zero-order chi connectivity index (χ0) is 14.6. The predicted octanol–water partition coefficient (Wildman–Crippen LogP) is 0.0209. The van der Waals surface area contributed by atoms with E-state index in [1.807, 2.05) is 0 Å². The van der Waals surface area contributed by atoms with Gasteiger partial charge in [-0.1, -0.05) is 0 Å². The van der Waals surface area contributed by atoms with Crippen molar-refractivity contribution in [2.24, 2.45) is 5.84 Å². The van der Waals surface area contributed by atoms with Crippen molar-refractivity contribution in [1.29, 1.82) is 0 Å². The summed E-state index contributed by atoms with van der Waals surface area (Å²) < 4.78 is 15.2. The fourth-order valence-electron chi connectivity index (χ4n) is 1.37. The zero-order valence-corrected chi connectivity index (χ0v) is 11.9. The molecule has 4 N–H and O–H groups in total. The molecule has 0 saturated carbocycles. The van der Waals surface area contributed by atoms with Crippen LogP contribution in [0, 0.1) is 0 Å². The molecule has 0 aliphatic heterocycles. The third-order valence-corrected chi connectivity index (χ3v) is 2.36. The molecule has 1 aromatic rings. The van der Waals surface area contributed by atoms with Gasteiger partial charge in [0.2, 0.25) is 11.9 Å². The zero-order valence-electron chi connectivity index (χ0n) is 11.9. The minimum atomic E-state index is 0.207. The second kappa shape index (κ2) is 10.1. The fourth-order valence-corrected chi connectivity index (χ4v) is 1.37. The summed E-state index contributed by atoms with van der Waals surface area (Å²) >= 11 is 0. The van der Waals surface area contributed by atoms with Gasteiger partial charge in [-0.2, -0.15) is 15.0 Å². The van der Waals surface area contributed by atoms with Crippen molar-refractivity contribution in [3.8, 4) is 6.01 Å². The Hall–Kier alpha value is -1.71. The summed E-state index contributed by atoms with van der Waals surface area (Å²) in [5.74, 6) is 5.94. The molecular weight excluding hydrogens is 264 g/mol. The summed E-state index contributed by atoms with van der Waals surface area (Å²) in [4.78, 5) is 12.0. The summed E-state index contributed by atoms with van der Waals surface area (Å²) in [6.07, 6.45) is 1.88. The largest absolute Gasteiger partial charge is 0.467 e. The molecule has 20 heavy (non-hydrogen) atoms. The molecule has 0 amide bonds. The monoisotopic (exact) mass is 286 g/mol. The van der Waals surface area contributed by atoms with Crippen molar-refractivity contribution in [3.63, 3.8) is 0 Å². The topological polar surface area (TPSA) is 116 Å².